The Hall–Kier alpha value is -2.44. The average molecular weight is 328 g/mol. The van der Waals surface area contributed by atoms with Crippen molar-refractivity contribution in [2.75, 3.05) is 26.3 Å². The molecular formula is C18H20N2O4. The highest BCUT2D eigenvalue weighted by Crippen LogP contribution is 2.39. The minimum atomic E-state index is -0.634. The van der Waals surface area contributed by atoms with Crippen LogP contribution in [0.2, 0.25) is 0 Å². The van der Waals surface area contributed by atoms with E-state index in [1.54, 1.807) is 36.4 Å². The van der Waals surface area contributed by atoms with E-state index in [1.165, 1.54) is 0 Å². The number of rotatable bonds is 6. The second-order valence-electron chi connectivity index (χ2n) is 5.77. The van der Waals surface area contributed by atoms with Gasteiger partial charge >= 0.3 is 0 Å². The summed E-state index contributed by atoms with van der Waals surface area (Å²) in [6.45, 7) is 0.496. The monoisotopic (exact) mass is 328 g/mol. The molecule has 0 saturated carbocycles. The Bertz CT molecular complexity index is 662. The summed E-state index contributed by atoms with van der Waals surface area (Å²) in [5, 5.41) is 24.2. The van der Waals surface area contributed by atoms with Crippen molar-refractivity contribution in [3.63, 3.8) is 0 Å². The Labute approximate surface area is 139 Å². The number of carbonyl (C=O) groups is 2. The zero-order valence-electron chi connectivity index (χ0n) is 13.2. The molecule has 4 N–H and O–H groups in total. The molecule has 2 atom stereocenters. The van der Waals surface area contributed by atoms with Gasteiger partial charge in [0.2, 0.25) is 0 Å². The lowest BCUT2D eigenvalue weighted by Crippen LogP contribution is -2.46. The Morgan fingerprint density at radius 2 is 1.21 bits per heavy atom. The number of benzene rings is 1. The van der Waals surface area contributed by atoms with Crippen molar-refractivity contribution in [1.82, 2.24) is 10.6 Å². The lowest BCUT2D eigenvalue weighted by atomic mass is 9.69. The van der Waals surface area contributed by atoms with Gasteiger partial charge in [-0.05, 0) is 12.2 Å². The summed E-state index contributed by atoms with van der Waals surface area (Å²) >= 11 is 0. The molecule has 6 nitrogen and oxygen atoms in total. The van der Waals surface area contributed by atoms with Gasteiger partial charge in [0, 0.05) is 35.6 Å². The summed E-state index contributed by atoms with van der Waals surface area (Å²) in [5.74, 6) is -1.48. The zero-order chi connectivity index (χ0) is 17.1. The molecule has 2 aliphatic carbocycles. The van der Waals surface area contributed by atoms with Gasteiger partial charge in [0.25, 0.3) is 0 Å². The molecule has 0 heterocycles. The molecule has 0 aliphatic heterocycles. The summed E-state index contributed by atoms with van der Waals surface area (Å²) < 4.78 is 0. The number of Topliss-reactive ketones (excluding diaryl/α,β-unsaturated/α-hetero) is 2. The maximum absolute atomic E-state index is 13.0. The van der Waals surface area contributed by atoms with Gasteiger partial charge < -0.3 is 20.8 Å². The molecular weight excluding hydrogens is 308 g/mol. The number of nitrogens with one attached hydrogen (secondary N) is 2. The standard InChI is InChI=1S/C18H20N2O4/c21-9-7-19-13-5-6-14(20-8-10-22)16-15(13)17(23)11-3-1-2-4-12(11)18(16)24/h1-6,15-16,19-22H,7-10H2. The van der Waals surface area contributed by atoms with Crippen LogP contribution in [-0.2, 0) is 0 Å². The third kappa shape index (κ3) is 2.74. The zero-order valence-corrected chi connectivity index (χ0v) is 13.2. The van der Waals surface area contributed by atoms with E-state index >= 15 is 0 Å². The molecule has 0 fully saturated rings. The second kappa shape index (κ2) is 6.98. The predicted octanol–water partition coefficient (Wildman–Crippen LogP) is 0.243. The molecule has 2 aliphatic rings. The van der Waals surface area contributed by atoms with Crippen molar-refractivity contribution in [1.29, 1.82) is 0 Å². The van der Waals surface area contributed by atoms with E-state index in [9.17, 15) is 9.59 Å². The van der Waals surface area contributed by atoms with Crippen molar-refractivity contribution in [3.05, 3.63) is 58.9 Å². The summed E-state index contributed by atoms with van der Waals surface area (Å²) in [6.07, 6.45) is 3.52. The summed E-state index contributed by atoms with van der Waals surface area (Å²) in [7, 11) is 0. The van der Waals surface area contributed by atoms with E-state index in [0.717, 1.165) is 0 Å². The molecule has 126 valence electrons. The van der Waals surface area contributed by atoms with Crippen molar-refractivity contribution >= 4 is 11.6 Å². The summed E-state index contributed by atoms with van der Waals surface area (Å²) in [4.78, 5) is 26.0. The highest BCUT2D eigenvalue weighted by atomic mass is 16.3. The molecule has 3 rings (SSSR count). The fourth-order valence-corrected chi connectivity index (χ4v) is 3.32. The second-order valence-corrected chi connectivity index (χ2v) is 5.77. The number of ketones is 2. The number of aliphatic hydroxyl groups is 2. The maximum atomic E-state index is 13.0. The first-order chi connectivity index (χ1) is 11.7. The molecule has 0 bridgehead atoms. The quantitative estimate of drug-likeness (QED) is 0.597. The van der Waals surface area contributed by atoms with Crippen LogP contribution in [0.15, 0.2) is 47.8 Å². The van der Waals surface area contributed by atoms with Gasteiger partial charge in [0.15, 0.2) is 11.6 Å². The van der Waals surface area contributed by atoms with Crippen LogP contribution in [0, 0.1) is 11.8 Å². The van der Waals surface area contributed by atoms with Gasteiger partial charge in [0.05, 0.1) is 25.0 Å². The topological polar surface area (TPSA) is 98.7 Å². The van der Waals surface area contributed by atoms with E-state index < -0.39 is 11.8 Å². The number of hydrogen-bond donors (Lipinski definition) is 4. The van der Waals surface area contributed by atoms with E-state index in [2.05, 4.69) is 10.6 Å². The van der Waals surface area contributed by atoms with Crippen LogP contribution in [0.3, 0.4) is 0 Å². The predicted molar refractivity (Wildman–Crippen MR) is 88.4 cm³/mol. The first-order valence-electron chi connectivity index (χ1n) is 7.97. The highest BCUT2D eigenvalue weighted by molar-refractivity contribution is 6.18. The van der Waals surface area contributed by atoms with Crippen LogP contribution >= 0.6 is 0 Å². The minimum absolute atomic E-state index is 0.0627. The number of carbonyl (C=O) groups excluding carboxylic acids is 2. The van der Waals surface area contributed by atoms with Gasteiger partial charge in [-0.25, -0.2) is 0 Å². The molecule has 0 radical (unpaired) electrons. The molecule has 1 aromatic carbocycles. The largest absolute Gasteiger partial charge is 0.395 e. The SMILES string of the molecule is O=C1c2ccccc2C(=O)C2C(NCCO)=CC=C(NCCO)C12. The van der Waals surface area contributed by atoms with Crippen molar-refractivity contribution < 1.29 is 19.8 Å². The number of allylic oxidation sites excluding steroid dienone is 4. The van der Waals surface area contributed by atoms with Gasteiger partial charge in [0.1, 0.15) is 0 Å². The number of aliphatic hydroxyl groups excluding tert-OH is 2. The highest BCUT2D eigenvalue weighted by Gasteiger charge is 2.46. The van der Waals surface area contributed by atoms with Gasteiger partial charge in [-0.3, -0.25) is 9.59 Å². The summed E-state index contributed by atoms with van der Waals surface area (Å²) in [5.41, 5.74) is 2.14. The van der Waals surface area contributed by atoms with E-state index in [0.29, 0.717) is 35.6 Å². The van der Waals surface area contributed by atoms with Crippen molar-refractivity contribution in [2.24, 2.45) is 11.8 Å². The molecule has 1 aromatic rings. The number of fused-ring (bicyclic) bond motifs is 2. The fourth-order valence-electron chi connectivity index (χ4n) is 3.32. The van der Waals surface area contributed by atoms with Crippen molar-refractivity contribution in [2.45, 2.75) is 0 Å². The lowest BCUT2D eigenvalue weighted by molar-refractivity contribution is 0.0774. The van der Waals surface area contributed by atoms with Gasteiger partial charge in [-0.15, -0.1) is 0 Å². The van der Waals surface area contributed by atoms with Crippen molar-refractivity contribution in [3.8, 4) is 0 Å². The van der Waals surface area contributed by atoms with Gasteiger partial charge in [-0.2, -0.15) is 0 Å². The van der Waals surface area contributed by atoms with Crippen LogP contribution in [0.25, 0.3) is 0 Å². The van der Waals surface area contributed by atoms with Gasteiger partial charge in [-0.1, -0.05) is 24.3 Å². The number of hydrogen-bond acceptors (Lipinski definition) is 6. The van der Waals surface area contributed by atoms with E-state index in [4.69, 9.17) is 10.2 Å². The molecule has 6 heteroatoms. The van der Waals surface area contributed by atoms with E-state index in [1.807, 2.05) is 0 Å². The Morgan fingerprint density at radius 1 is 0.792 bits per heavy atom. The average Bonchev–Trinajstić information content (AvgIpc) is 2.62. The Balaban J connectivity index is 2.04. The van der Waals surface area contributed by atoms with Crippen LogP contribution in [0.1, 0.15) is 20.7 Å². The third-order valence-electron chi connectivity index (χ3n) is 4.35. The lowest BCUT2D eigenvalue weighted by Gasteiger charge is -2.36. The normalized spacial score (nSPS) is 22.2. The van der Waals surface area contributed by atoms with Crippen LogP contribution < -0.4 is 10.6 Å². The fraction of sp³-hybridized carbons (Fsp3) is 0.333. The molecule has 0 saturated heterocycles. The minimum Gasteiger partial charge on any atom is -0.395 e. The van der Waals surface area contributed by atoms with E-state index in [-0.39, 0.29) is 24.8 Å². The Kier molecular flexibility index (Phi) is 4.78. The molecule has 24 heavy (non-hydrogen) atoms. The maximum Gasteiger partial charge on any atom is 0.173 e. The first-order valence-corrected chi connectivity index (χ1v) is 7.97. The molecule has 0 aromatic heterocycles. The first kappa shape index (κ1) is 16.4. The molecule has 0 amide bonds. The molecule has 0 spiro atoms. The summed E-state index contributed by atoms with van der Waals surface area (Å²) in [6, 6.07) is 6.85. The molecule has 2 unspecified atom stereocenters. The Morgan fingerprint density at radius 3 is 1.58 bits per heavy atom. The van der Waals surface area contributed by atoms with Crippen LogP contribution in [0.5, 0.6) is 0 Å². The van der Waals surface area contributed by atoms with Crippen LogP contribution in [0.4, 0.5) is 0 Å². The van der Waals surface area contributed by atoms with Crippen LogP contribution in [-0.4, -0.2) is 48.1 Å². The third-order valence-corrected chi connectivity index (χ3v) is 4.35. The smallest absolute Gasteiger partial charge is 0.173 e.